The number of fused-ring (bicyclic) bond motifs is 10. The highest BCUT2D eigenvalue weighted by Crippen LogP contribution is 2.62. The van der Waals surface area contributed by atoms with Crippen molar-refractivity contribution < 1.29 is 0 Å². The van der Waals surface area contributed by atoms with Gasteiger partial charge in [0.15, 0.2) is 6.71 Å². The largest absolute Gasteiger partial charge is 0.170 e. The number of hydrogen-bond donors (Lipinski definition) is 0. The molecule has 2 aliphatic rings. The number of hydrogen-bond acceptors (Lipinski definition) is 0. The molecule has 0 amide bonds. The van der Waals surface area contributed by atoms with E-state index in [0.29, 0.717) is 6.71 Å². The third-order valence-electron chi connectivity index (χ3n) is 6.68. The minimum Gasteiger partial charge on any atom is -0.0819 e. The monoisotopic (exact) mass is 356 g/mol. The third-order valence-corrected chi connectivity index (χ3v) is 6.68. The van der Waals surface area contributed by atoms with Crippen molar-refractivity contribution in [3.63, 3.8) is 0 Å². The zero-order valence-corrected chi connectivity index (χ0v) is 16.2. The van der Waals surface area contributed by atoms with Crippen LogP contribution in [0.4, 0.5) is 0 Å². The van der Waals surface area contributed by atoms with Crippen LogP contribution in [0.3, 0.4) is 0 Å². The average Bonchev–Trinajstić information content (AvgIpc) is 3.21. The molecule has 0 N–H and O–H groups in total. The first kappa shape index (κ1) is 16.0. The minimum atomic E-state index is -0.204. The van der Waals surface area contributed by atoms with Crippen molar-refractivity contribution in [1.82, 2.24) is 0 Å². The van der Waals surface area contributed by atoms with Crippen LogP contribution in [0.2, 0.25) is 13.6 Å². The van der Waals surface area contributed by atoms with E-state index in [0.717, 1.165) is 0 Å². The van der Waals surface area contributed by atoms with Crippen molar-refractivity contribution in [3.05, 3.63) is 113 Å². The summed E-state index contributed by atoms with van der Waals surface area (Å²) < 4.78 is 0. The molecular formula is C27H21B. The Bertz CT molecular complexity index is 1200. The van der Waals surface area contributed by atoms with Crippen LogP contribution in [0.25, 0.3) is 22.3 Å². The molecule has 1 heteroatoms. The van der Waals surface area contributed by atoms with Crippen LogP contribution < -0.4 is 5.46 Å². The van der Waals surface area contributed by atoms with Gasteiger partial charge in [-0.3, -0.25) is 0 Å². The molecule has 1 spiro atoms. The molecule has 0 aromatic heterocycles. The van der Waals surface area contributed by atoms with Gasteiger partial charge in [-0.15, -0.1) is 0 Å². The van der Waals surface area contributed by atoms with Crippen LogP contribution in [-0.2, 0) is 5.41 Å². The Hall–Kier alpha value is -3.06. The van der Waals surface area contributed by atoms with E-state index in [-0.39, 0.29) is 5.41 Å². The fourth-order valence-electron chi connectivity index (χ4n) is 5.65. The summed E-state index contributed by atoms with van der Waals surface area (Å²) in [5.74, 6) is 0. The van der Waals surface area contributed by atoms with Crippen LogP contribution in [-0.4, -0.2) is 6.71 Å². The molecule has 0 bridgehead atoms. The first-order valence-electron chi connectivity index (χ1n) is 10.2. The van der Waals surface area contributed by atoms with Crippen LogP contribution in [0.15, 0.2) is 91.0 Å². The standard InChI is InChI=1S/C27H21B/c1-28(2)25-17-9-16-24-26(25)20-12-5-8-15-23(20)27(24)21-13-6-3-10-18(21)19-11-4-7-14-22(19)27/h3-17H,1-2H3. The maximum absolute atomic E-state index is 2.36. The van der Waals surface area contributed by atoms with E-state index in [4.69, 9.17) is 0 Å². The van der Waals surface area contributed by atoms with Crippen LogP contribution in [0.1, 0.15) is 22.3 Å². The number of rotatable bonds is 1. The molecule has 0 atom stereocenters. The summed E-state index contributed by atoms with van der Waals surface area (Å²) in [4.78, 5) is 0. The molecule has 0 saturated heterocycles. The molecule has 0 saturated carbocycles. The molecular weight excluding hydrogens is 335 g/mol. The van der Waals surface area contributed by atoms with E-state index in [1.807, 2.05) is 0 Å². The smallest absolute Gasteiger partial charge is 0.0819 e. The summed E-state index contributed by atoms with van der Waals surface area (Å²) >= 11 is 0. The molecule has 0 heterocycles. The van der Waals surface area contributed by atoms with Gasteiger partial charge in [-0.2, -0.15) is 0 Å². The lowest BCUT2D eigenvalue weighted by Crippen LogP contribution is -2.29. The van der Waals surface area contributed by atoms with E-state index in [9.17, 15) is 0 Å². The molecule has 2 aliphatic carbocycles. The van der Waals surface area contributed by atoms with E-state index < -0.39 is 0 Å². The van der Waals surface area contributed by atoms with Gasteiger partial charge < -0.3 is 0 Å². The Morgan fingerprint density at radius 2 is 0.964 bits per heavy atom. The Balaban J connectivity index is 1.86. The fraction of sp³-hybridized carbons (Fsp3) is 0.111. The molecule has 0 radical (unpaired) electrons. The average molecular weight is 356 g/mol. The molecule has 0 unspecified atom stereocenters. The van der Waals surface area contributed by atoms with Gasteiger partial charge in [0.1, 0.15) is 0 Å². The highest BCUT2D eigenvalue weighted by Gasteiger charge is 2.51. The predicted molar refractivity (Wildman–Crippen MR) is 120 cm³/mol. The minimum absolute atomic E-state index is 0.204. The van der Waals surface area contributed by atoms with Crippen LogP contribution >= 0.6 is 0 Å². The Morgan fingerprint density at radius 1 is 0.500 bits per heavy atom. The van der Waals surface area contributed by atoms with Gasteiger partial charge >= 0.3 is 0 Å². The second-order valence-corrected chi connectivity index (χ2v) is 8.31. The molecule has 28 heavy (non-hydrogen) atoms. The summed E-state index contributed by atoms with van der Waals surface area (Å²) in [6.07, 6.45) is 0. The van der Waals surface area contributed by atoms with E-state index in [2.05, 4.69) is 105 Å². The maximum Gasteiger partial charge on any atom is 0.170 e. The van der Waals surface area contributed by atoms with Crippen molar-refractivity contribution in [2.24, 2.45) is 0 Å². The summed E-state index contributed by atoms with van der Waals surface area (Å²) in [6.45, 7) is 5.10. The van der Waals surface area contributed by atoms with Gasteiger partial charge in [-0.25, -0.2) is 0 Å². The van der Waals surface area contributed by atoms with Gasteiger partial charge in [-0.1, -0.05) is 110 Å². The van der Waals surface area contributed by atoms with E-state index >= 15 is 0 Å². The first-order chi connectivity index (χ1) is 13.7. The lowest BCUT2D eigenvalue weighted by molar-refractivity contribution is 0.794. The number of benzene rings is 4. The van der Waals surface area contributed by atoms with Crippen LogP contribution in [0, 0.1) is 0 Å². The molecule has 0 fully saturated rings. The van der Waals surface area contributed by atoms with Crippen molar-refractivity contribution >= 4 is 12.2 Å². The van der Waals surface area contributed by atoms with Gasteiger partial charge in [0, 0.05) is 0 Å². The Labute approximate surface area is 167 Å². The van der Waals surface area contributed by atoms with Crippen molar-refractivity contribution in [3.8, 4) is 22.3 Å². The molecule has 4 aromatic carbocycles. The van der Waals surface area contributed by atoms with Gasteiger partial charge in [0.25, 0.3) is 0 Å². The predicted octanol–water partition coefficient (Wildman–Crippen LogP) is 5.99. The second kappa shape index (κ2) is 5.48. The molecule has 0 nitrogen and oxygen atoms in total. The molecule has 4 aromatic rings. The Morgan fingerprint density at radius 3 is 1.54 bits per heavy atom. The van der Waals surface area contributed by atoms with Gasteiger partial charge in [-0.05, 0) is 44.5 Å². The summed E-state index contributed by atoms with van der Waals surface area (Å²) in [5, 5.41) is 0. The maximum atomic E-state index is 2.36. The fourth-order valence-corrected chi connectivity index (χ4v) is 5.65. The van der Waals surface area contributed by atoms with Crippen LogP contribution in [0.5, 0.6) is 0 Å². The van der Waals surface area contributed by atoms with Crippen molar-refractivity contribution in [1.29, 1.82) is 0 Å². The van der Waals surface area contributed by atoms with Gasteiger partial charge in [0.2, 0.25) is 0 Å². The lowest BCUT2D eigenvalue weighted by atomic mass is 9.48. The summed E-state index contributed by atoms with van der Waals surface area (Å²) in [7, 11) is 0. The van der Waals surface area contributed by atoms with E-state index in [1.54, 1.807) is 0 Å². The molecule has 0 aliphatic heterocycles. The normalized spacial score (nSPS) is 14.4. The highest BCUT2D eigenvalue weighted by molar-refractivity contribution is 6.72. The highest BCUT2D eigenvalue weighted by atomic mass is 14.5. The quantitative estimate of drug-likeness (QED) is 0.317. The summed E-state index contributed by atoms with van der Waals surface area (Å²) in [6, 6.07) is 33.9. The van der Waals surface area contributed by atoms with Crippen molar-refractivity contribution in [2.75, 3.05) is 0 Å². The van der Waals surface area contributed by atoms with Gasteiger partial charge in [0.05, 0.1) is 5.41 Å². The lowest BCUT2D eigenvalue weighted by Gasteiger charge is -2.30. The zero-order chi connectivity index (χ0) is 18.9. The Kier molecular flexibility index (Phi) is 3.12. The molecule has 6 rings (SSSR count). The SMILES string of the molecule is CB(C)c1cccc2c1-c1ccccc1C21c2ccccc2-c2ccccc21. The van der Waals surface area contributed by atoms with E-state index in [1.165, 1.54) is 50.0 Å². The molecule has 132 valence electrons. The summed E-state index contributed by atoms with van der Waals surface area (Å²) in [5.41, 5.74) is 12.5. The zero-order valence-electron chi connectivity index (χ0n) is 16.2. The van der Waals surface area contributed by atoms with Crippen molar-refractivity contribution in [2.45, 2.75) is 19.1 Å². The topological polar surface area (TPSA) is 0 Å². The first-order valence-corrected chi connectivity index (χ1v) is 10.2. The third kappa shape index (κ3) is 1.73. The second-order valence-electron chi connectivity index (χ2n) is 8.31.